The van der Waals surface area contributed by atoms with Crippen molar-refractivity contribution < 1.29 is 0 Å². The molecule has 2 aliphatic rings. The highest BCUT2D eigenvalue weighted by molar-refractivity contribution is 5.88. The predicted molar refractivity (Wildman–Crippen MR) is 226 cm³/mol. The Balaban J connectivity index is 1.15. The first-order valence-corrected chi connectivity index (χ1v) is 19.1. The van der Waals surface area contributed by atoms with Crippen LogP contribution in [0.2, 0.25) is 0 Å². The summed E-state index contributed by atoms with van der Waals surface area (Å²) in [6.07, 6.45) is 1.18. The van der Waals surface area contributed by atoms with Gasteiger partial charge in [-0.15, -0.1) is 0 Å². The SMILES string of the molecule is CC1(C)CC(C)(C)c2cc3c(cc21)-c1ccc(N(c2ccc(-c4ccccc4)cc2)c2cccc(-c4ccc(-c5ccccc5)cc4)c2)cc1C3(C)C. The minimum atomic E-state index is -0.121. The number of benzene rings is 7. The van der Waals surface area contributed by atoms with E-state index < -0.39 is 0 Å². The molecule has 0 saturated heterocycles. The van der Waals surface area contributed by atoms with Crippen LogP contribution in [-0.2, 0) is 16.2 Å². The first-order chi connectivity index (χ1) is 25.5. The molecular weight excluding hydrogens is 639 g/mol. The van der Waals surface area contributed by atoms with E-state index in [4.69, 9.17) is 0 Å². The average Bonchev–Trinajstić information content (AvgIpc) is 3.51. The van der Waals surface area contributed by atoms with E-state index in [0.29, 0.717) is 0 Å². The van der Waals surface area contributed by atoms with Crippen molar-refractivity contribution in [2.24, 2.45) is 0 Å². The second-order valence-corrected chi connectivity index (χ2v) is 17.0. The van der Waals surface area contributed by atoms with Crippen molar-refractivity contribution in [1.82, 2.24) is 0 Å². The largest absolute Gasteiger partial charge is 0.310 e. The fraction of sp³-hybridized carbons (Fsp3) is 0.192. The molecule has 53 heavy (non-hydrogen) atoms. The Hall–Kier alpha value is -5.66. The lowest BCUT2D eigenvalue weighted by Crippen LogP contribution is -2.19. The van der Waals surface area contributed by atoms with Crippen molar-refractivity contribution in [3.05, 3.63) is 186 Å². The molecule has 0 spiro atoms. The van der Waals surface area contributed by atoms with Gasteiger partial charge in [0.1, 0.15) is 0 Å². The van der Waals surface area contributed by atoms with Crippen molar-refractivity contribution in [2.75, 3.05) is 4.90 Å². The third-order valence-corrected chi connectivity index (χ3v) is 12.1. The van der Waals surface area contributed by atoms with Crippen LogP contribution in [0, 0.1) is 0 Å². The Morgan fingerprint density at radius 2 is 0.792 bits per heavy atom. The molecule has 0 radical (unpaired) electrons. The standard InChI is InChI=1S/C52H47N/c1-50(2)34-51(3,4)49-33-47-45(32-48(49)50)44-29-28-43(31-46(44)52(47,5)6)53(41-26-24-38(25-27-41)36-16-11-8-12-17-36)42-19-13-18-40(30-42)39-22-20-37(21-23-39)35-14-9-7-10-15-35/h7-33H,34H2,1-6H3. The fourth-order valence-electron chi connectivity index (χ4n) is 9.51. The van der Waals surface area contributed by atoms with Crippen LogP contribution < -0.4 is 4.90 Å². The van der Waals surface area contributed by atoms with Crippen LogP contribution in [0.1, 0.15) is 70.2 Å². The molecule has 0 unspecified atom stereocenters. The second-order valence-electron chi connectivity index (χ2n) is 17.0. The number of hydrogen-bond acceptors (Lipinski definition) is 1. The van der Waals surface area contributed by atoms with Gasteiger partial charge in [0.25, 0.3) is 0 Å². The zero-order valence-corrected chi connectivity index (χ0v) is 31.7. The normalized spacial score (nSPS) is 15.7. The summed E-state index contributed by atoms with van der Waals surface area (Å²) in [5, 5.41) is 0. The Kier molecular flexibility index (Phi) is 7.65. The maximum Gasteiger partial charge on any atom is 0.0467 e. The van der Waals surface area contributed by atoms with E-state index in [0.717, 1.165) is 11.4 Å². The Morgan fingerprint density at radius 3 is 1.40 bits per heavy atom. The van der Waals surface area contributed by atoms with Crippen molar-refractivity contribution in [3.63, 3.8) is 0 Å². The molecule has 0 aromatic heterocycles. The highest BCUT2D eigenvalue weighted by Gasteiger charge is 2.45. The van der Waals surface area contributed by atoms with Gasteiger partial charge < -0.3 is 4.90 Å². The van der Waals surface area contributed by atoms with Gasteiger partial charge in [-0.05, 0) is 126 Å². The summed E-state index contributed by atoms with van der Waals surface area (Å²) in [5.41, 5.74) is 19.6. The van der Waals surface area contributed by atoms with Crippen LogP contribution in [0.25, 0.3) is 44.5 Å². The lowest BCUT2D eigenvalue weighted by Gasteiger charge is -2.29. The van der Waals surface area contributed by atoms with E-state index >= 15 is 0 Å². The third-order valence-electron chi connectivity index (χ3n) is 12.1. The summed E-state index contributed by atoms with van der Waals surface area (Å²) in [6.45, 7) is 14.5. The first kappa shape index (κ1) is 33.2. The van der Waals surface area contributed by atoms with Gasteiger partial charge in [0, 0.05) is 22.5 Å². The molecule has 7 aromatic rings. The molecule has 1 heteroatoms. The van der Waals surface area contributed by atoms with Gasteiger partial charge in [-0.25, -0.2) is 0 Å². The maximum absolute atomic E-state index is 2.56. The Bertz CT molecular complexity index is 2470. The molecule has 7 aromatic carbocycles. The van der Waals surface area contributed by atoms with Gasteiger partial charge in [-0.2, -0.15) is 0 Å². The summed E-state index contributed by atoms with van der Waals surface area (Å²) >= 11 is 0. The van der Waals surface area contributed by atoms with Crippen molar-refractivity contribution >= 4 is 17.1 Å². The molecule has 0 atom stereocenters. The molecule has 2 aliphatic carbocycles. The summed E-state index contributed by atoms with van der Waals surface area (Å²) in [5.74, 6) is 0. The van der Waals surface area contributed by atoms with Crippen LogP contribution in [0.4, 0.5) is 17.1 Å². The van der Waals surface area contributed by atoms with Crippen LogP contribution in [0.15, 0.2) is 164 Å². The summed E-state index contributed by atoms with van der Waals surface area (Å²) in [7, 11) is 0. The molecule has 0 fully saturated rings. The minimum absolute atomic E-state index is 0.121. The van der Waals surface area contributed by atoms with Gasteiger partial charge in [-0.1, -0.05) is 163 Å². The molecule has 260 valence electrons. The van der Waals surface area contributed by atoms with Crippen LogP contribution in [0.5, 0.6) is 0 Å². The van der Waals surface area contributed by atoms with Gasteiger partial charge in [0.15, 0.2) is 0 Å². The van der Waals surface area contributed by atoms with E-state index in [9.17, 15) is 0 Å². The van der Waals surface area contributed by atoms with Crippen molar-refractivity contribution in [1.29, 1.82) is 0 Å². The van der Waals surface area contributed by atoms with Crippen LogP contribution >= 0.6 is 0 Å². The van der Waals surface area contributed by atoms with E-state index in [1.165, 1.54) is 78.9 Å². The topological polar surface area (TPSA) is 3.24 Å². The first-order valence-electron chi connectivity index (χ1n) is 19.1. The number of anilines is 3. The highest BCUT2D eigenvalue weighted by atomic mass is 15.1. The molecule has 1 nitrogen and oxygen atoms in total. The summed E-state index contributed by atoms with van der Waals surface area (Å²) in [6, 6.07) is 60.5. The molecule has 9 rings (SSSR count). The Labute approximate surface area is 315 Å². The van der Waals surface area contributed by atoms with Crippen LogP contribution in [-0.4, -0.2) is 0 Å². The van der Waals surface area contributed by atoms with Gasteiger partial charge in [0.2, 0.25) is 0 Å². The molecular formula is C52H47N. The minimum Gasteiger partial charge on any atom is -0.310 e. The average molecular weight is 686 g/mol. The molecule has 0 bridgehead atoms. The molecule has 0 heterocycles. The molecule has 0 amide bonds. The lowest BCUT2D eigenvalue weighted by atomic mass is 9.79. The van der Waals surface area contributed by atoms with Gasteiger partial charge in [0.05, 0.1) is 0 Å². The summed E-state index contributed by atoms with van der Waals surface area (Å²) in [4.78, 5) is 2.43. The zero-order chi connectivity index (χ0) is 36.5. The second kappa shape index (κ2) is 12.2. The van der Waals surface area contributed by atoms with Gasteiger partial charge in [-0.3, -0.25) is 0 Å². The summed E-state index contributed by atoms with van der Waals surface area (Å²) < 4.78 is 0. The van der Waals surface area contributed by atoms with E-state index in [-0.39, 0.29) is 16.2 Å². The highest BCUT2D eigenvalue weighted by Crippen LogP contribution is 2.57. The fourth-order valence-corrected chi connectivity index (χ4v) is 9.51. The number of hydrogen-bond donors (Lipinski definition) is 0. The maximum atomic E-state index is 2.56. The quantitative estimate of drug-likeness (QED) is 0.168. The molecule has 0 saturated carbocycles. The Morgan fingerprint density at radius 1 is 0.340 bits per heavy atom. The molecule has 0 aliphatic heterocycles. The predicted octanol–water partition coefficient (Wildman–Crippen LogP) is 14.4. The van der Waals surface area contributed by atoms with E-state index in [1.807, 2.05) is 0 Å². The number of nitrogens with zero attached hydrogens (tertiary/aromatic N) is 1. The molecule has 0 N–H and O–H groups in total. The number of fused-ring (bicyclic) bond motifs is 4. The lowest BCUT2D eigenvalue weighted by molar-refractivity contribution is 0.403. The third kappa shape index (κ3) is 5.62. The zero-order valence-electron chi connectivity index (χ0n) is 31.7. The monoisotopic (exact) mass is 685 g/mol. The van der Waals surface area contributed by atoms with Crippen molar-refractivity contribution in [2.45, 2.75) is 64.2 Å². The van der Waals surface area contributed by atoms with Gasteiger partial charge >= 0.3 is 0 Å². The smallest absolute Gasteiger partial charge is 0.0467 e. The van der Waals surface area contributed by atoms with E-state index in [1.54, 1.807) is 0 Å². The van der Waals surface area contributed by atoms with Crippen LogP contribution in [0.3, 0.4) is 0 Å². The van der Waals surface area contributed by atoms with Crippen molar-refractivity contribution in [3.8, 4) is 44.5 Å². The number of rotatable bonds is 6. The van der Waals surface area contributed by atoms with E-state index in [2.05, 4.69) is 210 Å².